The molecule has 0 aliphatic heterocycles. The molecular weight excluding hydrogens is 374 g/mol. The highest BCUT2D eigenvalue weighted by molar-refractivity contribution is 5.65. The van der Waals surface area contributed by atoms with E-state index < -0.39 is 16.2 Å². The van der Waals surface area contributed by atoms with E-state index in [9.17, 15) is 9.90 Å². The van der Waals surface area contributed by atoms with Crippen LogP contribution >= 0.6 is 0 Å². The number of carbonyl (C=O) groups is 1. The van der Waals surface area contributed by atoms with E-state index in [4.69, 9.17) is 18.6 Å². The Bertz CT molecular complexity index is 698. The predicted molar refractivity (Wildman–Crippen MR) is 87.7 cm³/mol. The second-order valence-electron chi connectivity index (χ2n) is 5.95. The van der Waals surface area contributed by atoms with Crippen molar-refractivity contribution in [3.8, 4) is 11.1 Å². The van der Waals surface area contributed by atoms with Crippen molar-refractivity contribution in [2.45, 2.75) is 46.1 Å². The summed E-state index contributed by atoms with van der Waals surface area (Å²) >= 11 is 0. The van der Waals surface area contributed by atoms with E-state index in [0.29, 0.717) is 0 Å². The number of hydrogen-bond donors (Lipinski definition) is 1. The lowest BCUT2D eigenvalue weighted by atomic mass is 10.0. The van der Waals surface area contributed by atoms with Crippen molar-refractivity contribution in [2.75, 3.05) is 0 Å². The highest BCUT2D eigenvalue weighted by Gasteiger charge is 2.21. The average molecular weight is 398 g/mol. The van der Waals surface area contributed by atoms with Gasteiger partial charge in [-0.05, 0) is 24.0 Å². The lowest BCUT2D eigenvalue weighted by molar-refractivity contribution is -2.00. The molecule has 1 N–H and O–H groups in total. The standard InChI is InChI=1S/C19H23NO2.ClHO4/c1-3-8-17-12-16(15-10-6-5-7-11-15)13-18(9-4-2)20(17)14-19(21)22;2-1(3,4)5/h5-7,10-13H,3-4,8-9,14H2,1-2H3;(H,2,3,4,5). The maximum Gasteiger partial charge on any atom is 0.370 e. The maximum absolute atomic E-state index is 11.2. The van der Waals surface area contributed by atoms with Gasteiger partial charge in [-0.3, -0.25) is 0 Å². The molecule has 148 valence electrons. The van der Waals surface area contributed by atoms with E-state index >= 15 is 0 Å². The van der Waals surface area contributed by atoms with Gasteiger partial charge in [0.05, 0.1) is 0 Å². The minimum atomic E-state index is -4.94. The molecule has 0 fully saturated rings. The highest BCUT2D eigenvalue weighted by atomic mass is 35.7. The molecule has 7 nitrogen and oxygen atoms in total. The summed E-state index contributed by atoms with van der Waals surface area (Å²) in [7, 11) is -4.94. The minimum Gasteiger partial charge on any atom is -0.477 e. The van der Waals surface area contributed by atoms with Crippen LogP contribution in [0.15, 0.2) is 42.5 Å². The van der Waals surface area contributed by atoms with E-state index in [1.165, 1.54) is 11.1 Å². The number of rotatable bonds is 7. The molecule has 0 saturated heterocycles. The quantitative estimate of drug-likeness (QED) is 0.588. The van der Waals surface area contributed by atoms with Crippen LogP contribution in [0.5, 0.6) is 0 Å². The van der Waals surface area contributed by atoms with Crippen molar-refractivity contribution >= 4 is 5.97 Å². The van der Waals surface area contributed by atoms with Crippen LogP contribution in [-0.2, 0) is 24.2 Å². The zero-order chi connectivity index (χ0) is 20.4. The zero-order valence-corrected chi connectivity index (χ0v) is 16.1. The number of carboxylic acid groups (broad SMARTS) is 1. The second kappa shape index (κ2) is 11.0. The number of benzene rings is 1. The van der Waals surface area contributed by atoms with E-state index in [1.54, 1.807) is 0 Å². The van der Waals surface area contributed by atoms with Crippen molar-refractivity contribution < 1.29 is 43.3 Å². The molecule has 8 heteroatoms. The number of pyridine rings is 1. The molecule has 1 aromatic heterocycles. The normalized spacial score (nSPS) is 10.9. The summed E-state index contributed by atoms with van der Waals surface area (Å²) < 4.78 is 35.9. The maximum atomic E-state index is 11.2. The Kier molecular flexibility index (Phi) is 9.34. The van der Waals surface area contributed by atoms with Gasteiger partial charge < -0.3 is 5.11 Å². The lowest BCUT2D eigenvalue weighted by Gasteiger charge is -2.17. The van der Waals surface area contributed by atoms with Gasteiger partial charge in [0.15, 0.2) is 11.4 Å². The fourth-order valence-electron chi connectivity index (χ4n) is 2.80. The first kappa shape index (κ1) is 23.0. The summed E-state index contributed by atoms with van der Waals surface area (Å²) in [6.45, 7) is 4.29. The third-order valence-corrected chi connectivity index (χ3v) is 3.75. The molecule has 2 rings (SSSR count). The van der Waals surface area contributed by atoms with Crippen LogP contribution in [0.4, 0.5) is 0 Å². The van der Waals surface area contributed by atoms with Gasteiger partial charge in [0.25, 0.3) is 0 Å². The number of nitrogens with zero attached hydrogens (tertiary/aromatic N) is 1. The van der Waals surface area contributed by atoms with Crippen molar-refractivity contribution in [1.29, 1.82) is 0 Å². The summed E-state index contributed by atoms with van der Waals surface area (Å²) in [5.41, 5.74) is 4.57. The molecule has 0 bridgehead atoms. The first-order chi connectivity index (χ1) is 12.7. The summed E-state index contributed by atoms with van der Waals surface area (Å²) in [5, 5.41) is 9.22. The molecule has 0 saturated carbocycles. The minimum absolute atomic E-state index is 0.0414. The molecule has 1 aromatic carbocycles. The Balaban J connectivity index is 0.000000646. The SMILES string of the molecule is CCCc1cc(-c2ccccc2)cc(CCC)[n+]1CC(=O)O.[O-][Cl+3]([O-])([O-])[O-]. The fraction of sp³-hybridized carbons (Fsp3) is 0.368. The summed E-state index contributed by atoms with van der Waals surface area (Å²) in [4.78, 5) is 11.2. The molecule has 0 aliphatic rings. The number of aliphatic carboxylic acids is 1. The van der Waals surface area contributed by atoms with Crippen LogP contribution in [0.3, 0.4) is 0 Å². The van der Waals surface area contributed by atoms with Gasteiger partial charge in [0.2, 0.25) is 6.54 Å². The third-order valence-electron chi connectivity index (χ3n) is 3.75. The first-order valence-corrected chi connectivity index (χ1v) is 9.83. The molecule has 2 aromatic rings. The topological polar surface area (TPSA) is 133 Å². The number of halogens is 1. The predicted octanol–water partition coefficient (Wildman–Crippen LogP) is -1.13. The van der Waals surface area contributed by atoms with Gasteiger partial charge in [0, 0.05) is 25.0 Å². The van der Waals surface area contributed by atoms with E-state index in [-0.39, 0.29) is 6.54 Å². The van der Waals surface area contributed by atoms with Crippen molar-refractivity contribution in [2.24, 2.45) is 0 Å². The molecule has 1 heterocycles. The Morgan fingerprint density at radius 1 is 0.926 bits per heavy atom. The Morgan fingerprint density at radius 2 is 1.37 bits per heavy atom. The van der Waals surface area contributed by atoms with Gasteiger partial charge in [-0.2, -0.15) is 4.57 Å². The van der Waals surface area contributed by atoms with Crippen LogP contribution in [-0.4, -0.2) is 11.1 Å². The van der Waals surface area contributed by atoms with Crippen LogP contribution in [0.2, 0.25) is 0 Å². The van der Waals surface area contributed by atoms with E-state index in [1.807, 2.05) is 22.8 Å². The molecule has 27 heavy (non-hydrogen) atoms. The van der Waals surface area contributed by atoms with E-state index in [2.05, 4.69) is 38.1 Å². The summed E-state index contributed by atoms with van der Waals surface area (Å²) in [6.07, 6.45) is 3.79. The Morgan fingerprint density at radius 3 is 1.74 bits per heavy atom. The fourth-order valence-corrected chi connectivity index (χ4v) is 2.80. The Labute approximate surface area is 160 Å². The Hall–Kier alpha value is -2.03. The third kappa shape index (κ3) is 8.94. The molecule has 0 amide bonds. The van der Waals surface area contributed by atoms with Crippen LogP contribution in [0, 0.1) is 10.2 Å². The van der Waals surface area contributed by atoms with Crippen LogP contribution in [0.25, 0.3) is 11.1 Å². The first-order valence-electron chi connectivity index (χ1n) is 8.60. The second-order valence-corrected chi connectivity index (χ2v) is 6.71. The molecule has 0 spiro atoms. The number of carboxylic acids is 1. The number of aromatic nitrogens is 1. The number of hydrogen-bond acceptors (Lipinski definition) is 5. The smallest absolute Gasteiger partial charge is 0.370 e. The van der Waals surface area contributed by atoms with Crippen LogP contribution in [0.1, 0.15) is 38.1 Å². The molecule has 0 unspecified atom stereocenters. The van der Waals surface area contributed by atoms with Gasteiger partial charge in [-0.15, -0.1) is 10.2 Å². The van der Waals surface area contributed by atoms with Crippen molar-refractivity contribution in [3.63, 3.8) is 0 Å². The molecular formula is C19H24ClNO6. The van der Waals surface area contributed by atoms with E-state index in [0.717, 1.165) is 37.1 Å². The summed E-state index contributed by atoms with van der Waals surface area (Å²) in [5.74, 6) is -0.785. The van der Waals surface area contributed by atoms with Gasteiger partial charge in [-0.25, -0.2) is 23.4 Å². The monoisotopic (exact) mass is 397 g/mol. The lowest BCUT2D eigenvalue weighted by Crippen LogP contribution is -2.68. The molecule has 0 aliphatic carbocycles. The molecule has 0 atom stereocenters. The number of aryl methyl sites for hydroxylation is 2. The van der Waals surface area contributed by atoms with Gasteiger partial charge >= 0.3 is 5.97 Å². The van der Waals surface area contributed by atoms with Gasteiger partial charge in [-0.1, -0.05) is 44.2 Å². The average Bonchev–Trinajstić information content (AvgIpc) is 2.57. The molecule has 0 radical (unpaired) electrons. The van der Waals surface area contributed by atoms with Crippen LogP contribution < -0.4 is 23.2 Å². The van der Waals surface area contributed by atoms with Crippen molar-refractivity contribution in [1.82, 2.24) is 0 Å². The summed E-state index contributed by atoms with van der Waals surface area (Å²) in [6, 6.07) is 14.6. The largest absolute Gasteiger partial charge is 0.477 e. The zero-order valence-electron chi connectivity index (χ0n) is 15.4. The van der Waals surface area contributed by atoms with Crippen molar-refractivity contribution in [3.05, 3.63) is 53.9 Å². The van der Waals surface area contributed by atoms with Gasteiger partial charge in [0.1, 0.15) is 0 Å². The highest BCUT2D eigenvalue weighted by Crippen LogP contribution is 2.21.